The number of phenolic OH excluding ortho intramolecular Hbond substituents is 2. The fourth-order valence-corrected chi connectivity index (χ4v) is 8.62. The van der Waals surface area contributed by atoms with Crippen molar-refractivity contribution in [2.75, 3.05) is 26.2 Å². The number of aryl methyl sites for hydroxylation is 3. The molecule has 2 unspecified atom stereocenters. The normalized spacial score (nSPS) is 27.1. The number of hydrogen-bond acceptors (Lipinski definition) is 9. The molecule has 2 aliphatic carbocycles. The minimum Gasteiger partial charge on any atom is -0.508 e. The molecule has 9 nitrogen and oxygen atoms in total. The number of ether oxygens (including phenoxy) is 2. The molecule has 2 aliphatic heterocycles. The predicted octanol–water partition coefficient (Wildman–Crippen LogP) is 6.32. The molecule has 6 atom stereocenters. The van der Waals surface area contributed by atoms with Crippen molar-refractivity contribution < 1.29 is 36.7 Å². The number of rotatable bonds is 7. The highest BCUT2D eigenvalue weighted by atomic mass is 32.2. The van der Waals surface area contributed by atoms with E-state index in [0.717, 1.165) is 73.9 Å². The van der Waals surface area contributed by atoms with Crippen LogP contribution in [0.2, 0.25) is 0 Å². The van der Waals surface area contributed by atoms with Gasteiger partial charge >= 0.3 is 0 Å². The van der Waals surface area contributed by atoms with Crippen LogP contribution in [0.1, 0.15) is 79.6 Å². The largest absolute Gasteiger partial charge is 0.508 e. The van der Waals surface area contributed by atoms with Crippen LogP contribution in [0, 0.1) is 6.92 Å². The Labute approximate surface area is 283 Å². The molecular weight excluding hydrogens is 634 g/mol. The molecule has 7 rings (SSSR count). The molecule has 2 N–H and O–H groups in total. The Bertz CT molecular complexity index is 1670. The summed E-state index contributed by atoms with van der Waals surface area (Å²) in [5.41, 5.74) is 5.16. The van der Waals surface area contributed by atoms with Gasteiger partial charge in [-0.3, -0.25) is 9.80 Å². The number of hydrogen-bond donors (Lipinski definition) is 2. The summed E-state index contributed by atoms with van der Waals surface area (Å²) in [6, 6.07) is 17.7. The Hall–Kier alpha value is -3.06. The smallest absolute Gasteiger partial charge is 0.299 e. The number of benzene rings is 3. The Kier molecular flexibility index (Phi) is 10.7. The SMILES string of the molecule is CCCN1CC(OS(=O)(=O)c2ccc(C)cc2)O[C@@H]2c3cc(O)ccc3CC[C@H]21.CCCN1CC([18F])O[C@@H]2c3cc(O)ccc3CC[C@H]21. The van der Waals surface area contributed by atoms with E-state index in [0.29, 0.717) is 13.1 Å². The van der Waals surface area contributed by atoms with Gasteiger partial charge in [0.15, 0.2) is 6.29 Å². The maximum Gasteiger partial charge on any atom is 0.299 e. The van der Waals surface area contributed by atoms with Crippen molar-refractivity contribution in [2.45, 2.75) is 101 Å². The highest BCUT2D eigenvalue weighted by Crippen LogP contribution is 2.42. The fourth-order valence-electron chi connectivity index (χ4n) is 7.65. The van der Waals surface area contributed by atoms with Crippen molar-refractivity contribution >= 4 is 10.1 Å². The molecule has 0 saturated carbocycles. The van der Waals surface area contributed by atoms with Crippen LogP contribution < -0.4 is 0 Å². The highest BCUT2D eigenvalue weighted by molar-refractivity contribution is 7.86. The zero-order chi connectivity index (χ0) is 34.0. The third-order valence-corrected chi connectivity index (χ3v) is 11.2. The lowest BCUT2D eigenvalue weighted by molar-refractivity contribution is -0.197. The number of phenols is 2. The van der Waals surface area contributed by atoms with E-state index in [1.807, 2.05) is 19.1 Å². The Morgan fingerprint density at radius 2 is 1.31 bits per heavy atom. The van der Waals surface area contributed by atoms with E-state index >= 15 is 0 Å². The van der Waals surface area contributed by atoms with Crippen molar-refractivity contribution in [2.24, 2.45) is 0 Å². The van der Waals surface area contributed by atoms with Gasteiger partial charge in [0.05, 0.1) is 18.0 Å². The number of fused-ring (bicyclic) bond motifs is 6. The molecule has 0 amide bonds. The van der Waals surface area contributed by atoms with Crippen molar-refractivity contribution in [1.82, 2.24) is 9.80 Å². The third kappa shape index (κ3) is 7.56. The first-order valence-electron chi connectivity index (χ1n) is 17.1. The molecule has 0 aromatic heterocycles. The molecule has 4 aliphatic rings. The second-order valence-corrected chi connectivity index (χ2v) is 14.9. The fraction of sp³-hybridized carbons (Fsp3) is 0.514. The topological polar surface area (TPSA) is 109 Å². The number of halogens is 1. The number of morpholine rings is 2. The van der Waals surface area contributed by atoms with Gasteiger partial charge in [0, 0.05) is 12.1 Å². The van der Waals surface area contributed by atoms with Gasteiger partial charge < -0.3 is 19.7 Å². The van der Waals surface area contributed by atoms with Crippen LogP contribution in [0.15, 0.2) is 65.6 Å². The van der Waals surface area contributed by atoms with E-state index in [2.05, 4.69) is 23.6 Å². The Balaban J connectivity index is 0.000000182. The van der Waals surface area contributed by atoms with Gasteiger partial charge in [0.25, 0.3) is 10.1 Å². The number of aromatic hydroxyl groups is 2. The van der Waals surface area contributed by atoms with Crippen LogP contribution in [0.3, 0.4) is 0 Å². The van der Waals surface area contributed by atoms with E-state index in [4.69, 9.17) is 13.7 Å². The van der Waals surface area contributed by atoms with Gasteiger partial charge in [0.1, 0.15) is 23.7 Å². The summed E-state index contributed by atoms with van der Waals surface area (Å²) < 4.78 is 56.6. The number of nitrogens with zero attached hydrogens (tertiary/aromatic N) is 2. The maximum atomic E-state index is 13.8. The summed E-state index contributed by atoms with van der Waals surface area (Å²) in [6.45, 7) is 8.62. The standard InChI is InChI=1S/C22H27NO5S.C15H20FNO2/c1-3-12-23-14-21(28-29(25,26)18-9-4-15(2)5-10-18)27-22-19-13-17(24)8-6-16(19)7-11-20(22)23;1-2-7-17-9-14(16)19-15-12-8-11(18)5-3-10(12)4-6-13(15)17/h4-6,8-10,13,20-22,24H,3,7,11-12,14H2,1-2H3;3,5,8,13-15,18H,2,4,6-7,9H2,1H3/t20-,21?,22-;13-,14?,15-/m11/s1/i;16-1. The van der Waals surface area contributed by atoms with E-state index < -0.39 is 22.8 Å². The Morgan fingerprint density at radius 1 is 0.792 bits per heavy atom. The molecule has 0 spiro atoms. The lowest BCUT2D eigenvalue weighted by Gasteiger charge is -2.47. The summed E-state index contributed by atoms with van der Waals surface area (Å²) in [7, 11) is -3.94. The van der Waals surface area contributed by atoms with Crippen molar-refractivity contribution in [3.63, 3.8) is 0 Å². The quantitative estimate of drug-likeness (QED) is 0.277. The first-order valence-corrected chi connectivity index (χ1v) is 18.5. The second-order valence-electron chi connectivity index (χ2n) is 13.3. The average Bonchev–Trinajstić information content (AvgIpc) is 3.05. The molecule has 2 saturated heterocycles. The zero-order valence-electron chi connectivity index (χ0n) is 27.9. The molecule has 11 heteroatoms. The summed E-state index contributed by atoms with van der Waals surface area (Å²) in [4.78, 5) is 4.58. The second kappa shape index (κ2) is 14.8. The predicted molar refractivity (Wildman–Crippen MR) is 180 cm³/mol. The van der Waals surface area contributed by atoms with E-state index in [-0.39, 0.29) is 40.7 Å². The van der Waals surface area contributed by atoms with Crippen molar-refractivity contribution in [1.29, 1.82) is 0 Å². The van der Waals surface area contributed by atoms with Gasteiger partial charge in [-0.05, 0) is 117 Å². The maximum absolute atomic E-state index is 13.8. The van der Waals surface area contributed by atoms with E-state index in [9.17, 15) is 23.0 Å². The van der Waals surface area contributed by atoms with Gasteiger partial charge in [-0.15, -0.1) is 0 Å². The number of alkyl halides is 1. The molecule has 0 bridgehead atoms. The first kappa shape index (κ1) is 34.8. The van der Waals surface area contributed by atoms with E-state index in [1.165, 1.54) is 5.56 Å². The third-order valence-electron chi connectivity index (χ3n) is 9.85. The first-order chi connectivity index (χ1) is 23.1. The van der Waals surface area contributed by atoms with Gasteiger partial charge in [0.2, 0.25) is 6.36 Å². The minimum absolute atomic E-state index is 0.123. The molecule has 3 aromatic carbocycles. The van der Waals surface area contributed by atoms with Crippen LogP contribution >= 0.6 is 0 Å². The summed E-state index contributed by atoms with van der Waals surface area (Å²) >= 11 is 0. The van der Waals surface area contributed by atoms with E-state index in [1.54, 1.807) is 48.5 Å². The van der Waals surface area contributed by atoms with Crippen LogP contribution in [-0.2, 0) is 36.6 Å². The van der Waals surface area contributed by atoms with Crippen molar-refractivity contribution in [3.05, 3.63) is 88.5 Å². The van der Waals surface area contributed by atoms with Crippen LogP contribution in [-0.4, -0.2) is 79.3 Å². The zero-order valence-corrected chi connectivity index (χ0v) is 28.7. The monoisotopic (exact) mass is 681 g/mol. The Morgan fingerprint density at radius 3 is 1.85 bits per heavy atom. The van der Waals surface area contributed by atoms with Crippen molar-refractivity contribution in [3.8, 4) is 11.5 Å². The minimum atomic E-state index is -3.94. The summed E-state index contributed by atoms with van der Waals surface area (Å²) in [5, 5.41) is 19.6. The molecule has 0 radical (unpaired) electrons. The van der Waals surface area contributed by atoms with Crippen LogP contribution in [0.4, 0.5) is 4.39 Å². The lowest BCUT2D eigenvalue weighted by Crippen LogP contribution is -2.53. The van der Waals surface area contributed by atoms with Crippen LogP contribution in [0.25, 0.3) is 0 Å². The van der Waals surface area contributed by atoms with Gasteiger partial charge in [-0.1, -0.05) is 43.7 Å². The van der Waals surface area contributed by atoms with Gasteiger partial charge in [-0.25, -0.2) is 8.57 Å². The molecular formula is C37H47FN2O7S. The van der Waals surface area contributed by atoms with Crippen LogP contribution in [0.5, 0.6) is 11.5 Å². The molecule has 3 aromatic rings. The molecule has 260 valence electrons. The van der Waals surface area contributed by atoms with Gasteiger partial charge in [-0.2, -0.15) is 8.42 Å². The lowest BCUT2D eigenvalue weighted by atomic mass is 9.84. The molecule has 2 heterocycles. The summed E-state index contributed by atoms with van der Waals surface area (Å²) in [6.07, 6.45) is 3.06. The summed E-state index contributed by atoms with van der Waals surface area (Å²) in [5.74, 6) is 0.413. The average molecular weight is 682 g/mol. The molecule has 48 heavy (non-hydrogen) atoms. The highest BCUT2D eigenvalue weighted by Gasteiger charge is 2.43. The molecule has 2 fully saturated rings.